The summed E-state index contributed by atoms with van der Waals surface area (Å²) < 4.78 is 26.3. The number of nitrogens with one attached hydrogen (secondary N) is 1. The number of nitrogens with zero attached hydrogens (tertiary/aromatic N) is 8. The van der Waals surface area contributed by atoms with Crippen molar-refractivity contribution in [2.75, 3.05) is 36.4 Å². The zero-order valence-electron chi connectivity index (χ0n) is 27.8. The lowest BCUT2D eigenvalue weighted by Gasteiger charge is -2.56. The van der Waals surface area contributed by atoms with Gasteiger partial charge in [0.1, 0.15) is 23.7 Å². The number of carboxylic acids is 1. The summed E-state index contributed by atoms with van der Waals surface area (Å²) in [4.78, 5) is 33.8. The van der Waals surface area contributed by atoms with Crippen LogP contribution in [-0.4, -0.2) is 84.4 Å². The molecule has 8 rings (SSSR count). The Bertz CT molecular complexity index is 1870. The number of carbonyl (C=O) groups is 1. The summed E-state index contributed by atoms with van der Waals surface area (Å²) in [6, 6.07) is 5.42. The lowest BCUT2D eigenvalue weighted by molar-refractivity contribution is -0.0657. The molecule has 2 N–H and O–H groups in total. The van der Waals surface area contributed by atoms with Gasteiger partial charge in [-0.15, -0.1) is 10.2 Å². The molecule has 5 heterocycles. The van der Waals surface area contributed by atoms with Gasteiger partial charge < -0.3 is 24.5 Å². The molecule has 4 aromatic rings. The number of carboxylic acid groups (broad SMARTS) is 1. The van der Waals surface area contributed by atoms with Gasteiger partial charge in [-0.25, -0.2) is 29.1 Å². The van der Waals surface area contributed by atoms with Crippen LogP contribution in [0.4, 0.5) is 16.2 Å². The van der Waals surface area contributed by atoms with Crippen molar-refractivity contribution in [2.24, 2.45) is 17.3 Å². The highest BCUT2D eigenvalue weighted by Gasteiger charge is 2.53. The molecule has 49 heavy (non-hydrogen) atoms. The molecule has 256 valence electrons. The number of aryl methyl sites for hydroxylation is 1. The summed E-state index contributed by atoms with van der Waals surface area (Å²) in [5, 5.41) is 20.7. The number of likely N-dealkylation sites (tertiary alicyclic amines) is 1. The summed E-state index contributed by atoms with van der Waals surface area (Å²) in [6.45, 7) is 10.1. The van der Waals surface area contributed by atoms with Gasteiger partial charge in [0.15, 0.2) is 5.82 Å². The van der Waals surface area contributed by atoms with Gasteiger partial charge in [-0.05, 0) is 69.1 Å². The minimum Gasteiger partial charge on any atom is -0.475 e. The van der Waals surface area contributed by atoms with E-state index >= 15 is 0 Å². The molecule has 14 heteroatoms. The fraction of sp³-hybridized carbons (Fsp3) is 0.514. The highest BCUT2D eigenvalue weighted by Crippen LogP contribution is 2.49. The van der Waals surface area contributed by atoms with Gasteiger partial charge in [-0.2, -0.15) is 0 Å². The van der Waals surface area contributed by atoms with Crippen LogP contribution in [0.15, 0.2) is 41.3 Å². The number of halogens is 1. The van der Waals surface area contributed by atoms with E-state index in [1.165, 1.54) is 24.7 Å². The number of aromatic nitrogens is 6. The van der Waals surface area contributed by atoms with E-state index in [9.17, 15) is 9.18 Å². The van der Waals surface area contributed by atoms with Crippen LogP contribution in [0.3, 0.4) is 0 Å². The van der Waals surface area contributed by atoms with Crippen LogP contribution in [0.25, 0.3) is 11.1 Å². The monoisotopic (exact) mass is 669 g/mol. The molecule has 2 aliphatic carbocycles. The fourth-order valence-electron chi connectivity index (χ4n) is 8.15. The van der Waals surface area contributed by atoms with Crippen molar-refractivity contribution in [3.8, 4) is 22.8 Å². The average molecular weight is 670 g/mol. The lowest BCUT2D eigenvalue weighted by Crippen LogP contribution is -2.65. The summed E-state index contributed by atoms with van der Waals surface area (Å²) in [6.07, 6.45) is 9.56. The minimum absolute atomic E-state index is 0.154. The number of hydrogen-bond donors (Lipinski definition) is 2. The van der Waals surface area contributed by atoms with E-state index in [1.807, 2.05) is 6.92 Å². The molecule has 2 saturated heterocycles. The van der Waals surface area contributed by atoms with E-state index in [2.05, 4.69) is 54.1 Å². The van der Waals surface area contributed by atoms with Crippen molar-refractivity contribution >= 4 is 17.8 Å². The Kier molecular flexibility index (Phi) is 7.92. The zero-order valence-corrected chi connectivity index (χ0v) is 27.8. The average Bonchev–Trinajstić information content (AvgIpc) is 3.61. The Morgan fingerprint density at radius 3 is 2.67 bits per heavy atom. The Balaban J connectivity index is 0.935. The molecule has 0 radical (unpaired) electrons. The molecule has 3 aromatic heterocycles. The van der Waals surface area contributed by atoms with E-state index in [0.717, 1.165) is 69.5 Å². The molecule has 2 saturated carbocycles. The van der Waals surface area contributed by atoms with E-state index in [4.69, 9.17) is 19.2 Å². The molecule has 0 amide bonds. The quantitative estimate of drug-likeness (QED) is 0.205. The second-order valence-electron chi connectivity index (χ2n) is 14.5. The second kappa shape index (κ2) is 12.3. The number of benzene rings is 1. The van der Waals surface area contributed by atoms with Crippen LogP contribution < -0.4 is 15.0 Å². The molecule has 1 spiro atoms. The molecule has 1 atom stereocenters. The van der Waals surface area contributed by atoms with Crippen molar-refractivity contribution < 1.29 is 23.4 Å². The van der Waals surface area contributed by atoms with Crippen molar-refractivity contribution in [3.05, 3.63) is 60.0 Å². The fourth-order valence-corrected chi connectivity index (χ4v) is 8.15. The molecular weight excluding hydrogens is 629 g/mol. The topological polar surface area (TPSA) is 156 Å². The summed E-state index contributed by atoms with van der Waals surface area (Å²) in [5.74, 6) is 1.80. The van der Waals surface area contributed by atoms with Crippen LogP contribution >= 0.6 is 0 Å². The molecule has 4 aliphatic rings. The maximum atomic E-state index is 14.6. The van der Waals surface area contributed by atoms with Gasteiger partial charge in [0.05, 0.1) is 11.9 Å². The van der Waals surface area contributed by atoms with Gasteiger partial charge in [0.25, 0.3) is 11.9 Å². The summed E-state index contributed by atoms with van der Waals surface area (Å²) >= 11 is 0. The summed E-state index contributed by atoms with van der Waals surface area (Å²) in [5.41, 5.74) is 2.44. The van der Waals surface area contributed by atoms with Crippen molar-refractivity contribution in [3.63, 3.8) is 0 Å². The lowest BCUT2D eigenvalue weighted by atomic mass is 9.68. The number of aromatic carboxylic acids is 1. The van der Waals surface area contributed by atoms with Crippen molar-refractivity contribution in [1.82, 2.24) is 35.0 Å². The first-order valence-electron chi connectivity index (χ1n) is 17.1. The van der Waals surface area contributed by atoms with E-state index in [-0.39, 0.29) is 29.0 Å². The normalized spacial score (nSPS) is 22.2. The van der Waals surface area contributed by atoms with E-state index in [0.29, 0.717) is 52.6 Å². The molecule has 2 aliphatic heterocycles. The molecule has 0 bridgehead atoms. The first kappa shape index (κ1) is 31.5. The van der Waals surface area contributed by atoms with E-state index < -0.39 is 5.97 Å². The Hall–Kier alpha value is -4.72. The first-order valence-corrected chi connectivity index (χ1v) is 17.1. The van der Waals surface area contributed by atoms with Crippen LogP contribution in [0.5, 0.6) is 11.6 Å². The molecule has 4 fully saturated rings. The van der Waals surface area contributed by atoms with Gasteiger partial charge in [-0.1, -0.05) is 13.8 Å². The molecule has 13 nitrogen and oxygen atoms in total. The largest absolute Gasteiger partial charge is 0.475 e. The van der Waals surface area contributed by atoms with Crippen LogP contribution in [0.1, 0.15) is 73.9 Å². The van der Waals surface area contributed by atoms with Gasteiger partial charge >= 0.3 is 5.97 Å². The Morgan fingerprint density at radius 2 is 1.94 bits per heavy atom. The first-order chi connectivity index (χ1) is 23.6. The molecule has 1 aromatic carbocycles. The third-order valence-corrected chi connectivity index (χ3v) is 10.5. The number of oxazole rings is 1. The van der Waals surface area contributed by atoms with Crippen molar-refractivity contribution in [2.45, 2.75) is 70.9 Å². The summed E-state index contributed by atoms with van der Waals surface area (Å²) in [7, 11) is 0. The maximum absolute atomic E-state index is 14.6. The van der Waals surface area contributed by atoms with Crippen molar-refractivity contribution in [1.29, 1.82) is 0 Å². The Morgan fingerprint density at radius 1 is 1.12 bits per heavy atom. The SMILES string of the molecule is Cc1ncc(-c2cc(F)ccc2Oc2nncnc2N2CCC3(C2)CN([C@H](C(C)C)C2CC(Nc4ncc(C(=O)O)o4)C2)C3)c(C2CC2)n1. The van der Waals surface area contributed by atoms with Crippen LogP contribution in [0, 0.1) is 30.0 Å². The minimum atomic E-state index is -1.12. The number of hydrogen-bond acceptors (Lipinski definition) is 12. The van der Waals surface area contributed by atoms with E-state index in [1.54, 1.807) is 12.3 Å². The number of rotatable bonds is 11. The Labute approximate surface area is 283 Å². The highest BCUT2D eigenvalue weighted by atomic mass is 19.1. The zero-order chi connectivity index (χ0) is 33.9. The second-order valence-corrected chi connectivity index (χ2v) is 14.5. The highest BCUT2D eigenvalue weighted by molar-refractivity contribution is 5.84. The standard InChI is InChI=1S/C35H40FN9O4/c1-19(2)30(22-10-24(11-22)42-34-38-14-28(49-34)33(46)47)45-16-35(17-45)8-9-44(15-35)31-32(43-40-18-39-31)48-27-7-6-23(36)12-25(27)26-13-37-20(3)41-29(26)21-4-5-21/h6-7,12-14,18-19,21-22,24,30H,4-5,8-11,15-17H2,1-3H3,(H,38,42)(H,46,47)/t22?,24?,30-/m1/s1. The van der Waals surface area contributed by atoms with Crippen LogP contribution in [-0.2, 0) is 0 Å². The number of ether oxygens (including phenoxy) is 1. The third kappa shape index (κ3) is 6.18. The van der Waals surface area contributed by atoms with Crippen LogP contribution in [0.2, 0.25) is 0 Å². The van der Waals surface area contributed by atoms with Gasteiger partial charge in [0, 0.05) is 66.9 Å². The van der Waals surface area contributed by atoms with Gasteiger partial charge in [0.2, 0.25) is 5.76 Å². The third-order valence-electron chi connectivity index (χ3n) is 10.5. The predicted molar refractivity (Wildman–Crippen MR) is 177 cm³/mol. The van der Waals surface area contributed by atoms with Gasteiger partial charge in [-0.3, -0.25) is 4.90 Å². The predicted octanol–water partition coefficient (Wildman–Crippen LogP) is 5.56. The smallest absolute Gasteiger partial charge is 0.373 e. The molecular formula is C35H40FN9O4. The molecule has 0 unspecified atom stereocenters. The number of anilines is 2. The maximum Gasteiger partial charge on any atom is 0.373 e.